The maximum absolute atomic E-state index is 9.71. The van der Waals surface area contributed by atoms with Crippen molar-refractivity contribution >= 4 is 69.2 Å². The SMILES string of the molecule is N#C/C(=C\c1cc(Cl)cc(Cl)c1OCc1ccc(Cl)cc1Cl)c1nc2ccccc2o1. The Hall–Kier alpha value is -2.68. The Morgan fingerprint density at radius 2 is 1.77 bits per heavy atom. The lowest BCUT2D eigenvalue weighted by atomic mass is 10.1. The number of ether oxygens (including phenoxy) is 1. The summed E-state index contributed by atoms with van der Waals surface area (Å²) in [5.74, 6) is 0.535. The van der Waals surface area contributed by atoms with Crippen LogP contribution in [-0.2, 0) is 6.61 Å². The van der Waals surface area contributed by atoms with Gasteiger partial charge < -0.3 is 9.15 Å². The molecule has 8 heteroatoms. The number of hydrogen-bond donors (Lipinski definition) is 0. The fourth-order valence-corrected chi connectivity index (χ4v) is 3.94. The molecule has 0 aliphatic rings. The van der Waals surface area contributed by atoms with E-state index in [1.165, 1.54) is 0 Å². The van der Waals surface area contributed by atoms with Crippen molar-refractivity contribution in [2.45, 2.75) is 6.61 Å². The van der Waals surface area contributed by atoms with Crippen LogP contribution < -0.4 is 4.74 Å². The molecule has 0 saturated heterocycles. The number of aromatic nitrogens is 1. The number of nitrogens with zero attached hydrogens (tertiary/aromatic N) is 2. The van der Waals surface area contributed by atoms with Crippen LogP contribution in [0.1, 0.15) is 17.0 Å². The number of fused-ring (bicyclic) bond motifs is 1. The van der Waals surface area contributed by atoms with Crippen molar-refractivity contribution in [2.24, 2.45) is 0 Å². The van der Waals surface area contributed by atoms with Crippen LogP contribution in [0, 0.1) is 11.3 Å². The Bertz CT molecular complexity index is 1320. The fourth-order valence-electron chi connectivity index (χ4n) is 2.91. The minimum absolute atomic E-state index is 0.142. The summed E-state index contributed by atoms with van der Waals surface area (Å²) in [7, 11) is 0. The maximum atomic E-state index is 9.71. The van der Waals surface area contributed by atoms with Crippen molar-refractivity contribution in [3.63, 3.8) is 0 Å². The van der Waals surface area contributed by atoms with Crippen LogP contribution >= 0.6 is 46.4 Å². The van der Waals surface area contributed by atoms with E-state index < -0.39 is 0 Å². The highest BCUT2D eigenvalue weighted by molar-refractivity contribution is 6.36. The summed E-state index contributed by atoms with van der Waals surface area (Å²) < 4.78 is 11.7. The number of allylic oxidation sites excluding steroid dienone is 1. The zero-order valence-electron chi connectivity index (χ0n) is 15.7. The molecule has 1 heterocycles. The lowest BCUT2D eigenvalue weighted by Gasteiger charge is -2.13. The molecule has 154 valence electrons. The van der Waals surface area contributed by atoms with Gasteiger partial charge in [-0.2, -0.15) is 5.26 Å². The first kappa shape index (κ1) is 21.5. The first-order valence-electron chi connectivity index (χ1n) is 8.98. The smallest absolute Gasteiger partial charge is 0.238 e. The average Bonchev–Trinajstić information content (AvgIpc) is 3.16. The van der Waals surface area contributed by atoms with Crippen molar-refractivity contribution in [3.05, 3.63) is 91.7 Å². The minimum Gasteiger partial charge on any atom is -0.487 e. The molecule has 3 aromatic carbocycles. The normalized spacial score (nSPS) is 11.5. The summed E-state index contributed by atoms with van der Waals surface area (Å²) in [5.41, 5.74) is 2.66. The lowest BCUT2D eigenvalue weighted by molar-refractivity contribution is 0.306. The molecule has 0 saturated carbocycles. The van der Waals surface area contributed by atoms with Gasteiger partial charge in [0.05, 0.1) is 5.02 Å². The van der Waals surface area contributed by atoms with Crippen LogP contribution in [0.4, 0.5) is 0 Å². The van der Waals surface area contributed by atoms with E-state index in [0.717, 1.165) is 5.56 Å². The summed E-state index contributed by atoms with van der Waals surface area (Å²) in [6.07, 6.45) is 1.57. The largest absolute Gasteiger partial charge is 0.487 e. The summed E-state index contributed by atoms with van der Waals surface area (Å²) in [6.45, 7) is 0.142. The molecule has 0 bridgehead atoms. The van der Waals surface area contributed by atoms with Gasteiger partial charge in [-0.15, -0.1) is 0 Å². The number of para-hydroxylation sites is 2. The highest BCUT2D eigenvalue weighted by atomic mass is 35.5. The van der Waals surface area contributed by atoms with Crippen molar-refractivity contribution in [2.75, 3.05) is 0 Å². The standard InChI is InChI=1S/C23H12Cl4N2O2/c24-16-6-5-13(18(26)9-16)12-30-22-14(8-17(25)10-19(22)27)7-15(11-28)23-29-20-3-1-2-4-21(20)31-23/h1-10H,12H2/b15-7+. The highest BCUT2D eigenvalue weighted by Crippen LogP contribution is 2.36. The molecule has 0 unspecified atom stereocenters. The third-order valence-corrected chi connectivity index (χ3v) is 5.45. The van der Waals surface area contributed by atoms with Crippen LogP contribution in [-0.4, -0.2) is 4.98 Å². The molecule has 0 radical (unpaired) electrons. The molecule has 1 aromatic heterocycles. The van der Waals surface area contributed by atoms with Crippen LogP contribution in [0.5, 0.6) is 5.75 Å². The van der Waals surface area contributed by atoms with E-state index in [9.17, 15) is 5.26 Å². The third kappa shape index (κ3) is 4.81. The molecule has 4 rings (SSSR count). The van der Waals surface area contributed by atoms with Gasteiger partial charge in [0.2, 0.25) is 5.89 Å². The summed E-state index contributed by atoms with van der Waals surface area (Å²) >= 11 is 24.8. The zero-order chi connectivity index (χ0) is 22.0. The number of benzene rings is 3. The summed E-state index contributed by atoms with van der Waals surface area (Å²) in [6, 6.07) is 17.7. The second kappa shape index (κ2) is 9.21. The van der Waals surface area contributed by atoms with E-state index in [2.05, 4.69) is 11.1 Å². The predicted molar refractivity (Wildman–Crippen MR) is 125 cm³/mol. The Kier molecular flexibility index (Phi) is 6.41. The Morgan fingerprint density at radius 1 is 1.00 bits per heavy atom. The van der Waals surface area contributed by atoms with Gasteiger partial charge >= 0.3 is 0 Å². The summed E-state index contributed by atoms with van der Waals surface area (Å²) in [5, 5.41) is 11.4. The first-order valence-corrected chi connectivity index (χ1v) is 10.5. The lowest BCUT2D eigenvalue weighted by Crippen LogP contribution is -1.99. The number of rotatable bonds is 5. The molecule has 4 nitrogen and oxygen atoms in total. The van der Waals surface area contributed by atoms with E-state index in [1.54, 1.807) is 48.5 Å². The second-order valence-corrected chi connectivity index (χ2v) is 8.17. The van der Waals surface area contributed by atoms with Crippen LogP contribution in [0.2, 0.25) is 20.1 Å². The number of nitriles is 1. The van der Waals surface area contributed by atoms with Gasteiger partial charge in [0.15, 0.2) is 5.58 Å². The van der Waals surface area contributed by atoms with Gasteiger partial charge in [0.25, 0.3) is 0 Å². The molecular formula is C23H12Cl4N2O2. The van der Waals surface area contributed by atoms with Crippen molar-refractivity contribution in [1.82, 2.24) is 4.98 Å². The summed E-state index contributed by atoms with van der Waals surface area (Å²) in [4.78, 5) is 4.37. The average molecular weight is 490 g/mol. The Morgan fingerprint density at radius 3 is 2.52 bits per heavy atom. The Balaban J connectivity index is 1.72. The minimum atomic E-state index is 0.142. The molecule has 0 aliphatic carbocycles. The molecule has 0 spiro atoms. The van der Waals surface area contributed by atoms with Crippen LogP contribution in [0.15, 0.2) is 59.0 Å². The van der Waals surface area contributed by atoms with E-state index >= 15 is 0 Å². The molecule has 0 atom stereocenters. The topological polar surface area (TPSA) is 59.0 Å². The number of hydrogen-bond acceptors (Lipinski definition) is 4. The van der Waals surface area contributed by atoms with Crippen molar-refractivity contribution in [3.8, 4) is 11.8 Å². The molecule has 0 N–H and O–H groups in total. The quantitative estimate of drug-likeness (QED) is 0.266. The van der Waals surface area contributed by atoms with Crippen molar-refractivity contribution in [1.29, 1.82) is 5.26 Å². The van der Waals surface area contributed by atoms with Crippen molar-refractivity contribution < 1.29 is 9.15 Å². The van der Waals surface area contributed by atoms with Gasteiger partial charge in [0.1, 0.15) is 29.5 Å². The van der Waals surface area contributed by atoms with E-state index in [0.29, 0.717) is 42.5 Å². The van der Waals surface area contributed by atoms with Gasteiger partial charge in [-0.1, -0.05) is 64.6 Å². The Labute approximate surface area is 198 Å². The first-order chi connectivity index (χ1) is 14.9. The highest BCUT2D eigenvalue weighted by Gasteiger charge is 2.15. The number of halogens is 4. The molecular weight excluding hydrogens is 478 g/mol. The molecule has 4 aromatic rings. The van der Waals surface area contributed by atoms with Gasteiger partial charge in [0, 0.05) is 26.2 Å². The van der Waals surface area contributed by atoms with E-state index in [4.69, 9.17) is 55.6 Å². The molecule has 31 heavy (non-hydrogen) atoms. The molecule has 0 amide bonds. The van der Waals surface area contributed by atoms with Crippen LogP contribution in [0.3, 0.4) is 0 Å². The van der Waals surface area contributed by atoms with Crippen LogP contribution in [0.25, 0.3) is 22.7 Å². The van der Waals surface area contributed by atoms with E-state index in [-0.39, 0.29) is 18.1 Å². The third-order valence-electron chi connectivity index (χ3n) is 4.37. The monoisotopic (exact) mass is 488 g/mol. The molecule has 0 aliphatic heterocycles. The van der Waals surface area contributed by atoms with Gasteiger partial charge in [-0.3, -0.25) is 0 Å². The van der Waals surface area contributed by atoms with Gasteiger partial charge in [-0.05, 0) is 42.5 Å². The molecule has 0 fully saturated rings. The van der Waals surface area contributed by atoms with E-state index in [1.807, 2.05) is 12.1 Å². The predicted octanol–water partition coefficient (Wildman–Crippen LogP) is 8.08. The second-order valence-electron chi connectivity index (χ2n) is 6.49. The maximum Gasteiger partial charge on any atom is 0.238 e. The van der Waals surface area contributed by atoms with Gasteiger partial charge in [-0.25, -0.2) is 4.98 Å². The fraction of sp³-hybridized carbons (Fsp3) is 0.0435. The zero-order valence-corrected chi connectivity index (χ0v) is 18.7. The number of oxazole rings is 1.